The van der Waals surface area contributed by atoms with Crippen LogP contribution in [-0.4, -0.2) is 47.8 Å². The summed E-state index contributed by atoms with van der Waals surface area (Å²) in [5, 5.41) is 12.5. The highest BCUT2D eigenvalue weighted by Gasteiger charge is 2.32. The molecule has 7 heteroatoms. The Balaban J connectivity index is 5.06. The van der Waals surface area contributed by atoms with Gasteiger partial charge in [-0.25, -0.2) is 0 Å². The summed E-state index contributed by atoms with van der Waals surface area (Å²) in [5.41, 5.74) is 11.3. The fraction of sp³-hybridized carbons (Fsp3) is 0.833. The van der Waals surface area contributed by atoms with Crippen molar-refractivity contribution in [1.29, 1.82) is 0 Å². The van der Waals surface area contributed by atoms with Crippen LogP contribution in [0.1, 0.15) is 47.5 Å². The van der Waals surface area contributed by atoms with E-state index in [9.17, 15) is 19.5 Å². The number of hydrogen-bond acceptors (Lipinski definition) is 6. The van der Waals surface area contributed by atoms with Gasteiger partial charge in [0, 0.05) is 31.3 Å². The second kappa shape index (κ2) is 11.3. The maximum atomic E-state index is 12.5. The van der Waals surface area contributed by atoms with Crippen LogP contribution in [0, 0.1) is 23.7 Å². The Hall–Kier alpha value is -1.31. The summed E-state index contributed by atoms with van der Waals surface area (Å²) in [6, 6.07) is -0.815. The summed E-state index contributed by atoms with van der Waals surface area (Å²) in [6.07, 6.45) is -0.486. The third-order valence-electron chi connectivity index (χ3n) is 4.30. The van der Waals surface area contributed by atoms with Gasteiger partial charge >= 0.3 is 0 Å². The van der Waals surface area contributed by atoms with Gasteiger partial charge in [-0.3, -0.25) is 14.4 Å². The van der Waals surface area contributed by atoms with Crippen molar-refractivity contribution < 1.29 is 19.5 Å². The number of rotatable bonds is 12. The predicted octanol–water partition coefficient (Wildman–Crippen LogP) is 0.232. The molecule has 0 aliphatic heterocycles. The highest BCUT2D eigenvalue weighted by Crippen LogP contribution is 2.19. The smallest absolute Gasteiger partial charge is 0.226 e. The minimum Gasteiger partial charge on any atom is -0.393 e. The van der Waals surface area contributed by atoms with Crippen LogP contribution in [0.25, 0.3) is 0 Å². The Labute approximate surface area is 150 Å². The maximum absolute atomic E-state index is 12.5. The van der Waals surface area contributed by atoms with E-state index in [2.05, 4.69) is 5.32 Å². The summed E-state index contributed by atoms with van der Waals surface area (Å²) >= 11 is 0. The number of ketones is 2. The van der Waals surface area contributed by atoms with Crippen molar-refractivity contribution in [2.45, 2.75) is 59.6 Å². The zero-order chi connectivity index (χ0) is 19.7. The van der Waals surface area contributed by atoms with Crippen LogP contribution in [0.3, 0.4) is 0 Å². The first-order chi connectivity index (χ1) is 11.5. The number of amides is 1. The molecule has 1 amide bonds. The molecule has 4 atom stereocenters. The Kier molecular flexibility index (Phi) is 10.7. The van der Waals surface area contributed by atoms with E-state index in [1.165, 1.54) is 6.92 Å². The van der Waals surface area contributed by atoms with E-state index in [0.29, 0.717) is 12.3 Å². The SMILES string of the molecule is CC(C)CC(CN)C(=O)C[C@H](C(=O)N[C@@H](CN)C(=O)C(C)C)C(C)O. The molecule has 0 aliphatic rings. The van der Waals surface area contributed by atoms with Crippen molar-refractivity contribution in [3.8, 4) is 0 Å². The number of Topliss-reactive ketones (excluding diaryl/α,β-unsaturated/α-hetero) is 2. The van der Waals surface area contributed by atoms with E-state index in [1.807, 2.05) is 13.8 Å². The molecule has 0 aromatic rings. The average molecular weight is 357 g/mol. The molecule has 0 spiro atoms. The number of carbonyl (C=O) groups excluding carboxylic acids is 3. The lowest BCUT2D eigenvalue weighted by atomic mass is 9.86. The van der Waals surface area contributed by atoms with Crippen molar-refractivity contribution in [2.24, 2.45) is 35.1 Å². The second-order valence-electron chi connectivity index (χ2n) is 7.43. The van der Waals surface area contributed by atoms with Crippen LogP contribution < -0.4 is 16.8 Å². The van der Waals surface area contributed by atoms with Crippen LogP contribution >= 0.6 is 0 Å². The fourth-order valence-corrected chi connectivity index (χ4v) is 2.72. The molecule has 2 unspecified atom stereocenters. The molecule has 25 heavy (non-hydrogen) atoms. The Bertz CT molecular complexity index is 450. The maximum Gasteiger partial charge on any atom is 0.226 e. The highest BCUT2D eigenvalue weighted by molar-refractivity contribution is 5.93. The van der Waals surface area contributed by atoms with E-state index in [4.69, 9.17) is 11.5 Å². The van der Waals surface area contributed by atoms with Crippen molar-refractivity contribution in [1.82, 2.24) is 5.32 Å². The Morgan fingerprint density at radius 2 is 1.56 bits per heavy atom. The molecule has 146 valence electrons. The van der Waals surface area contributed by atoms with Gasteiger partial charge in [0.05, 0.1) is 18.1 Å². The first kappa shape index (κ1) is 23.7. The van der Waals surface area contributed by atoms with E-state index < -0.39 is 24.0 Å². The molecule has 0 fully saturated rings. The van der Waals surface area contributed by atoms with Crippen LogP contribution in [0.4, 0.5) is 0 Å². The molecule has 0 aromatic heterocycles. The molecule has 7 nitrogen and oxygen atoms in total. The number of aliphatic hydroxyl groups is 1. The number of aliphatic hydroxyl groups excluding tert-OH is 1. The van der Waals surface area contributed by atoms with Crippen LogP contribution in [0.5, 0.6) is 0 Å². The van der Waals surface area contributed by atoms with Gasteiger partial charge in [-0.2, -0.15) is 0 Å². The molecule has 0 rings (SSSR count). The van der Waals surface area contributed by atoms with Gasteiger partial charge < -0.3 is 21.9 Å². The van der Waals surface area contributed by atoms with Crippen molar-refractivity contribution in [2.75, 3.05) is 13.1 Å². The molecule has 0 aliphatic carbocycles. The topological polar surface area (TPSA) is 136 Å². The normalized spacial score (nSPS) is 16.4. The van der Waals surface area contributed by atoms with Crippen molar-refractivity contribution in [3.63, 3.8) is 0 Å². The van der Waals surface area contributed by atoms with Crippen molar-refractivity contribution in [3.05, 3.63) is 0 Å². The van der Waals surface area contributed by atoms with E-state index in [0.717, 1.165) is 0 Å². The summed E-state index contributed by atoms with van der Waals surface area (Å²) < 4.78 is 0. The van der Waals surface area contributed by atoms with E-state index >= 15 is 0 Å². The molecule has 0 radical (unpaired) electrons. The minimum atomic E-state index is -1.02. The van der Waals surface area contributed by atoms with Gasteiger partial charge in [-0.1, -0.05) is 27.7 Å². The lowest BCUT2D eigenvalue weighted by molar-refractivity contribution is -0.136. The molecule has 6 N–H and O–H groups in total. The number of nitrogens with one attached hydrogen (secondary N) is 1. The molecular formula is C18H35N3O4. The Morgan fingerprint density at radius 3 is 1.92 bits per heavy atom. The largest absolute Gasteiger partial charge is 0.393 e. The highest BCUT2D eigenvalue weighted by atomic mass is 16.3. The summed E-state index contributed by atoms with van der Waals surface area (Å²) in [7, 11) is 0. The molecular weight excluding hydrogens is 322 g/mol. The zero-order valence-corrected chi connectivity index (χ0v) is 16.1. The van der Waals surface area contributed by atoms with Gasteiger partial charge in [-0.05, 0) is 19.3 Å². The first-order valence-corrected chi connectivity index (χ1v) is 9.00. The monoisotopic (exact) mass is 357 g/mol. The van der Waals surface area contributed by atoms with Crippen LogP contribution in [0.15, 0.2) is 0 Å². The average Bonchev–Trinajstić information content (AvgIpc) is 2.53. The molecule has 0 heterocycles. The van der Waals surface area contributed by atoms with Gasteiger partial charge in [0.2, 0.25) is 5.91 Å². The molecule has 0 saturated heterocycles. The summed E-state index contributed by atoms with van der Waals surface area (Å²) in [4.78, 5) is 37.0. The summed E-state index contributed by atoms with van der Waals surface area (Å²) in [6.45, 7) is 9.09. The Morgan fingerprint density at radius 1 is 1.00 bits per heavy atom. The fourth-order valence-electron chi connectivity index (χ4n) is 2.72. The quantitative estimate of drug-likeness (QED) is 0.395. The lowest BCUT2D eigenvalue weighted by Crippen LogP contribution is -2.51. The number of hydrogen-bond donors (Lipinski definition) is 4. The predicted molar refractivity (Wildman–Crippen MR) is 97.6 cm³/mol. The van der Waals surface area contributed by atoms with Crippen LogP contribution in [-0.2, 0) is 14.4 Å². The first-order valence-electron chi connectivity index (χ1n) is 9.00. The van der Waals surface area contributed by atoms with E-state index in [-0.39, 0.29) is 42.9 Å². The number of nitrogens with two attached hydrogens (primary N) is 2. The van der Waals surface area contributed by atoms with Gasteiger partial charge in [0.25, 0.3) is 0 Å². The van der Waals surface area contributed by atoms with Gasteiger partial charge in [0.15, 0.2) is 5.78 Å². The zero-order valence-electron chi connectivity index (χ0n) is 16.1. The lowest BCUT2D eigenvalue weighted by Gasteiger charge is -2.25. The minimum absolute atomic E-state index is 0.0258. The summed E-state index contributed by atoms with van der Waals surface area (Å²) in [5.74, 6) is -2.08. The van der Waals surface area contributed by atoms with E-state index in [1.54, 1.807) is 13.8 Å². The second-order valence-corrected chi connectivity index (χ2v) is 7.43. The van der Waals surface area contributed by atoms with Gasteiger partial charge in [-0.15, -0.1) is 0 Å². The van der Waals surface area contributed by atoms with Crippen molar-refractivity contribution >= 4 is 17.5 Å². The molecule has 0 saturated carbocycles. The standard InChI is InChI=1S/C18H35N3O4/c1-10(2)6-13(8-19)16(23)7-14(12(5)22)18(25)21-15(9-20)17(24)11(3)4/h10-15,22H,6-9,19-20H2,1-5H3,(H,21,25)/t12?,13?,14-,15-/m0/s1. The molecule has 0 aromatic carbocycles. The third-order valence-corrected chi connectivity index (χ3v) is 4.30. The van der Waals surface area contributed by atoms with Gasteiger partial charge in [0.1, 0.15) is 5.78 Å². The molecule has 0 bridgehead atoms. The van der Waals surface area contributed by atoms with Crippen LogP contribution in [0.2, 0.25) is 0 Å². The third kappa shape index (κ3) is 8.07. The number of carbonyl (C=O) groups is 3.